The fraction of sp³-hybridized carbons (Fsp3) is 0.263. The molecule has 0 unspecified atom stereocenters. The van der Waals surface area contributed by atoms with Gasteiger partial charge in [-0.3, -0.25) is 4.79 Å². The number of rotatable bonds is 3. The molecule has 1 aliphatic heterocycles. The van der Waals surface area contributed by atoms with Crippen LogP contribution in [0.5, 0.6) is 0 Å². The summed E-state index contributed by atoms with van der Waals surface area (Å²) in [6.45, 7) is 1.57. The smallest absolute Gasteiger partial charge is 0.323 e. The Bertz CT molecular complexity index is 805. The molecule has 0 aliphatic carbocycles. The largest absolute Gasteiger partial charge is 0.339 e. The lowest BCUT2D eigenvalue weighted by atomic mass is 10.1. The van der Waals surface area contributed by atoms with E-state index in [-0.39, 0.29) is 16.6 Å². The van der Waals surface area contributed by atoms with E-state index in [0.29, 0.717) is 11.3 Å². The van der Waals surface area contributed by atoms with Gasteiger partial charge >= 0.3 is 6.03 Å². The first-order valence-corrected chi connectivity index (χ1v) is 8.83. The normalized spacial score (nSPS) is 14.0. The quantitative estimate of drug-likeness (QED) is 0.813. The second-order valence-corrected chi connectivity index (χ2v) is 6.57. The fourth-order valence-electron chi connectivity index (χ4n) is 2.85. The molecule has 2 N–H and O–H groups in total. The number of amides is 3. The van der Waals surface area contributed by atoms with Gasteiger partial charge in [0.25, 0.3) is 5.91 Å². The molecule has 1 fully saturated rings. The molecule has 0 radical (unpaired) electrons. The summed E-state index contributed by atoms with van der Waals surface area (Å²) >= 11 is 5.68. The molecule has 2 aromatic carbocycles. The van der Waals surface area contributed by atoms with Crippen molar-refractivity contribution in [3.05, 3.63) is 58.9 Å². The van der Waals surface area contributed by atoms with Crippen molar-refractivity contribution in [1.82, 2.24) is 4.90 Å². The predicted molar refractivity (Wildman–Crippen MR) is 100 cm³/mol. The second-order valence-electron chi connectivity index (χ2n) is 6.13. The van der Waals surface area contributed by atoms with Gasteiger partial charge in [0.05, 0.1) is 5.69 Å². The van der Waals surface area contributed by atoms with E-state index < -0.39 is 11.8 Å². The minimum atomic E-state index is -0.616. The van der Waals surface area contributed by atoms with Crippen molar-refractivity contribution in [1.29, 1.82) is 0 Å². The van der Waals surface area contributed by atoms with Crippen LogP contribution in [0.25, 0.3) is 0 Å². The molecule has 1 heterocycles. The maximum atomic E-state index is 13.7. The lowest BCUT2D eigenvalue weighted by Gasteiger charge is -2.26. The van der Waals surface area contributed by atoms with Crippen LogP contribution in [-0.2, 0) is 0 Å². The summed E-state index contributed by atoms with van der Waals surface area (Å²) in [5, 5.41) is 5.27. The van der Waals surface area contributed by atoms with E-state index in [9.17, 15) is 14.0 Å². The van der Waals surface area contributed by atoms with Crippen molar-refractivity contribution in [2.24, 2.45) is 0 Å². The third kappa shape index (κ3) is 4.52. The Morgan fingerprint density at radius 1 is 0.962 bits per heavy atom. The van der Waals surface area contributed by atoms with Gasteiger partial charge < -0.3 is 15.5 Å². The van der Waals surface area contributed by atoms with Gasteiger partial charge in [0.1, 0.15) is 5.82 Å². The number of hydrogen-bond donors (Lipinski definition) is 2. The van der Waals surface area contributed by atoms with E-state index >= 15 is 0 Å². The summed E-state index contributed by atoms with van der Waals surface area (Å²) in [6, 6.07) is 10.1. The molecule has 136 valence electrons. The Kier molecular flexibility index (Phi) is 5.73. The second kappa shape index (κ2) is 8.19. The third-order valence-corrected chi connectivity index (χ3v) is 4.45. The van der Waals surface area contributed by atoms with Crippen molar-refractivity contribution in [3.63, 3.8) is 0 Å². The van der Waals surface area contributed by atoms with Gasteiger partial charge in [0, 0.05) is 29.4 Å². The molecule has 26 heavy (non-hydrogen) atoms. The highest BCUT2D eigenvalue weighted by molar-refractivity contribution is 6.30. The summed E-state index contributed by atoms with van der Waals surface area (Å²) in [7, 11) is 0. The molecule has 0 saturated carbocycles. The Labute approximate surface area is 156 Å². The summed E-state index contributed by atoms with van der Waals surface area (Å²) in [5.74, 6) is -0.612. The molecule has 2 aromatic rings. The molecular weight excluding hydrogens is 357 g/mol. The number of likely N-dealkylation sites (tertiary alicyclic amines) is 1. The molecule has 0 atom stereocenters. The molecule has 0 aromatic heterocycles. The van der Waals surface area contributed by atoms with Crippen LogP contribution >= 0.6 is 11.6 Å². The molecule has 3 rings (SSSR count). The van der Waals surface area contributed by atoms with Gasteiger partial charge in [-0.1, -0.05) is 11.6 Å². The highest BCUT2D eigenvalue weighted by atomic mass is 35.5. The van der Waals surface area contributed by atoms with Gasteiger partial charge in [-0.2, -0.15) is 0 Å². The SMILES string of the molecule is O=C(Nc1ccc(C(=O)N2CCCCC2)cc1)Nc1ccc(Cl)cc1F. The van der Waals surface area contributed by atoms with Crippen molar-refractivity contribution in [3.8, 4) is 0 Å². The highest BCUT2D eigenvalue weighted by Crippen LogP contribution is 2.20. The first-order valence-electron chi connectivity index (χ1n) is 8.45. The summed E-state index contributed by atoms with van der Waals surface area (Å²) < 4.78 is 13.7. The number of anilines is 2. The van der Waals surface area contributed by atoms with Crippen LogP contribution in [0, 0.1) is 5.82 Å². The van der Waals surface area contributed by atoms with Crippen molar-refractivity contribution >= 4 is 34.9 Å². The van der Waals surface area contributed by atoms with Gasteiger partial charge in [0.15, 0.2) is 0 Å². The summed E-state index contributed by atoms with van der Waals surface area (Å²) in [5.41, 5.74) is 1.12. The average molecular weight is 376 g/mol. The Morgan fingerprint density at radius 2 is 1.65 bits per heavy atom. The number of piperidine rings is 1. The zero-order valence-corrected chi connectivity index (χ0v) is 14.9. The number of carbonyl (C=O) groups is 2. The molecule has 7 heteroatoms. The minimum absolute atomic E-state index is 0.00365. The summed E-state index contributed by atoms with van der Waals surface area (Å²) in [6.07, 6.45) is 3.23. The van der Waals surface area contributed by atoms with Crippen molar-refractivity contribution < 1.29 is 14.0 Å². The number of nitrogens with one attached hydrogen (secondary N) is 2. The lowest BCUT2D eigenvalue weighted by molar-refractivity contribution is 0.0724. The zero-order chi connectivity index (χ0) is 18.5. The van der Waals surface area contributed by atoms with Crippen LogP contribution in [-0.4, -0.2) is 29.9 Å². The van der Waals surface area contributed by atoms with Crippen molar-refractivity contribution in [2.75, 3.05) is 23.7 Å². The Hall–Kier alpha value is -2.60. The Morgan fingerprint density at radius 3 is 2.31 bits per heavy atom. The zero-order valence-electron chi connectivity index (χ0n) is 14.1. The maximum absolute atomic E-state index is 13.7. The van der Waals surface area contributed by atoms with Gasteiger partial charge in [-0.25, -0.2) is 9.18 Å². The first kappa shape index (κ1) is 18.2. The van der Waals surface area contributed by atoms with Gasteiger partial charge in [-0.15, -0.1) is 0 Å². The van der Waals surface area contributed by atoms with Crippen molar-refractivity contribution in [2.45, 2.75) is 19.3 Å². The number of benzene rings is 2. The van der Waals surface area contributed by atoms with Gasteiger partial charge in [-0.05, 0) is 61.7 Å². The maximum Gasteiger partial charge on any atom is 0.323 e. The van der Waals surface area contributed by atoms with Crippen LogP contribution < -0.4 is 10.6 Å². The minimum Gasteiger partial charge on any atom is -0.339 e. The van der Waals surface area contributed by atoms with E-state index in [1.54, 1.807) is 24.3 Å². The van der Waals surface area contributed by atoms with Crippen LogP contribution in [0.4, 0.5) is 20.6 Å². The molecule has 1 aliphatic rings. The topological polar surface area (TPSA) is 61.4 Å². The van der Waals surface area contributed by atoms with E-state index in [0.717, 1.165) is 38.4 Å². The van der Waals surface area contributed by atoms with Crippen LogP contribution in [0.15, 0.2) is 42.5 Å². The first-order chi connectivity index (χ1) is 12.5. The number of carbonyl (C=O) groups excluding carboxylic acids is 2. The highest BCUT2D eigenvalue weighted by Gasteiger charge is 2.18. The standard InChI is InChI=1S/C19H19ClFN3O2/c20-14-6-9-17(16(21)12-14)23-19(26)22-15-7-4-13(5-8-15)18(25)24-10-2-1-3-11-24/h4-9,12H,1-3,10-11H2,(H2,22,23,26). The average Bonchev–Trinajstić information content (AvgIpc) is 2.65. The van der Waals surface area contributed by atoms with Crippen LogP contribution in [0.3, 0.4) is 0 Å². The van der Waals surface area contributed by atoms with Crippen LogP contribution in [0.1, 0.15) is 29.6 Å². The van der Waals surface area contributed by atoms with Crippen LogP contribution in [0.2, 0.25) is 5.02 Å². The van der Waals surface area contributed by atoms with E-state index in [4.69, 9.17) is 11.6 Å². The Balaban J connectivity index is 1.59. The fourth-order valence-corrected chi connectivity index (χ4v) is 3.01. The number of halogens is 2. The number of hydrogen-bond acceptors (Lipinski definition) is 2. The molecule has 0 bridgehead atoms. The van der Waals surface area contributed by atoms with E-state index in [1.807, 2.05) is 4.90 Å². The number of urea groups is 1. The van der Waals surface area contributed by atoms with E-state index in [1.165, 1.54) is 12.1 Å². The third-order valence-electron chi connectivity index (χ3n) is 4.21. The molecular formula is C19H19ClFN3O2. The van der Waals surface area contributed by atoms with E-state index in [2.05, 4.69) is 10.6 Å². The monoisotopic (exact) mass is 375 g/mol. The number of nitrogens with zero attached hydrogens (tertiary/aromatic N) is 1. The predicted octanol–water partition coefficient (Wildman–Crippen LogP) is 4.75. The molecule has 3 amide bonds. The molecule has 5 nitrogen and oxygen atoms in total. The summed E-state index contributed by atoms with van der Waals surface area (Å²) in [4.78, 5) is 26.3. The lowest BCUT2D eigenvalue weighted by Crippen LogP contribution is -2.35. The molecule has 1 saturated heterocycles. The van der Waals surface area contributed by atoms with Gasteiger partial charge in [0.2, 0.25) is 0 Å². The molecule has 0 spiro atoms.